The van der Waals surface area contributed by atoms with Gasteiger partial charge in [0.2, 0.25) is 5.91 Å². The Morgan fingerprint density at radius 1 is 1.22 bits per heavy atom. The Bertz CT molecular complexity index is 952. The number of piperazine rings is 1. The Morgan fingerprint density at radius 3 is 2.67 bits per heavy atom. The highest BCUT2D eigenvalue weighted by Crippen LogP contribution is 2.28. The highest BCUT2D eigenvalue weighted by molar-refractivity contribution is 7.11. The molecular formula is C21H26N4OS. The maximum absolute atomic E-state index is 13.1. The molecule has 1 aliphatic heterocycles. The van der Waals surface area contributed by atoms with Crippen LogP contribution in [-0.2, 0) is 18.4 Å². The van der Waals surface area contributed by atoms with E-state index < -0.39 is 0 Å². The molecule has 1 unspecified atom stereocenters. The molecule has 0 aliphatic carbocycles. The molecule has 1 atom stereocenters. The molecule has 5 nitrogen and oxygen atoms in total. The summed E-state index contributed by atoms with van der Waals surface area (Å²) in [5.74, 6) is 0.117. The lowest BCUT2D eigenvalue weighted by molar-refractivity contribution is -0.134. The number of amides is 1. The Hall–Kier alpha value is -2.18. The summed E-state index contributed by atoms with van der Waals surface area (Å²) < 4.78 is 2.11. The Morgan fingerprint density at radius 2 is 1.96 bits per heavy atom. The molecular weight excluding hydrogens is 356 g/mol. The van der Waals surface area contributed by atoms with E-state index in [0.29, 0.717) is 0 Å². The van der Waals surface area contributed by atoms with Crippen molar-refractivity contribution in [3.63, 3.8) is 0 Å². The third-order valence-corrected chi connectivity index (χ3v) is 6.39. The van der Waals surface area contributed by atoms with Crippen LogP contribution in [0.25, 0.3) is 10.9 Å². The van der Waals surface area contributed by atoms with E-state index in [1.165, 1.54) is 15.8 Å². The van der Waals surface area contributed by atoms with Gasteiger partial charge in [0.15, 0.2) is 0 Å². The summed E-state index contributed by atoms with van der Waals surface area (Å²) in [5.41, 5.74) is 2.30. The number of nitrogens with zero attached hydrogens (tertiary/aromatic N) is 4. The van der Waals surface area contributed by atoms with Crippen LogP contribution >= 0.6 is 11.3 Å². The zero-order chi connectivity index (χ0) is 19.0. The summed E-state index contributed by atoms with van der Waals surface area (Å²) in [6.45, 7) is 8.45. The SMILES string of the molecule is Cc1ncc(CN2CCN(C(=O)C(C)c3cn(C)c4ccccc34)CC2)s1. The molecule has 0 N–H and O–H groups in total. The molecule has 27 heavy (non-hydrogen) atoms. The number of benzene rings is 1. The maximum Gasteiger partial charge on any atom is 0.229 e. The number of hydrogen-bond acceptors (Lipinski definition) is 4. The van der Waals surface area contributed by atoms with Crippen LogP contribution in [0.5, 0.6) is 0 Å². The first-order valence-corrected chi connectivity index (χ1v) is 10.3. The molecule has 0 bridgehead atoms. The molecule has 0 spiro atoms. The lowest BCUT2D eigenvalue weighted by atomic mass is 9.98. The smallest absolute Gasteiger partial charge is 0.229 e. The van der Waals surface area contributed by atoms with Gasteiger partial charge in [-0.3, -0.25) is 9.69 Å². The van der Waals surface area contributed by atoms with Crippen molar-refractivity contribution in [1.29, 1.82) is 0 Å². The molecule has 142 valence electrons. The van der Waals surface area contributed by atoms with Crippen molar-refractivity contribution in [1.82, 2.24) is 19.4 Å². The van der Waals surface area contributed by atoms with Crippen LogP contribution in [0.2, 0.25) is 0 Å². The van der Waals surface area contributed by atoms with Crippen molar-refractivity contribution in [3.8, 4) is 0 Å². The summed E-state index contributed by atoms with van der Waals surface area (Å²) in [4.78, 5) is 23.2. The van der Waals surface area contributed by atoms with Gasteiger partial charge < -0.3 is 9.47 Å². The first-order valence-electron chi connectivity index (χ1n) is 9.49. The van der Waals surface area contributed by atoms with Gasteiger partial charge in [0.1, 0.15) is 0 Å². The van der Waals surface area contributed by atoms with Gasteiger partial charge in [-0.1, -0.05) is 18.2 Å². The number of carbonyl (C=O) groups excluding carboxylic acids is 1. The largest absolute Gasteiger partial charge is 0.350 e. The maximum atomic E-state index is 13.1. The molecule has 1 amide bonds. The number of hydrogen-bond donors (Lipinski definition) is 0. The van der Waals surface area contributed by atoms with Crippen molar-refractivity contribution in [2.75, 3.05) is 26.2 Å². The molecule has 3 aromatic rings. The second kappa shape index (κ2) is 7.44. The molecule has 1 aromatic carbocycles. The van der Waals surface area contributed by atoms with Gasteiger partial charge >= 0.3 is 0 Å². The minimum Gasteiger partial charge on any atom is -0.350 e. The van der Waals surface area contributed by atoms with Crippen LogP contribution in [0.4, 0.5) is 0 Å². The molecule has 1 aliphatic rings. The third kappa shape index (κ3) is 3.64. The van der Waals surface area contributed by atoms with Gasteiger partial charge in [-0.15, -0.1) is 11.3 Å². The fourth-order valence-electron chi connectivity index (χ4n) is 3.95. The van der Waals surface area contributed by atoms with Gasteiger partial charge in [0.25, 0.3) is 0 Å². The first-order chi connectivity index (χ1) is 13.0. The summed E-state index contributed by atoms with van der Waals surface area (Å²) in [6.07, 6.45) is 4.08. The van der Waals surface area contributed by atoms with Gasteiger partial charge in [0.05, 0.1) is 10.9 Å². The Balaban J connectivity index is 1.41. The van der Waals surface area contributed by atoms with E-state index in [4.69, 9.17) is 0 Å². The van der Waals surface area contributed by atoms with Crippen LogP contribution < -0.4 is 0 Å². The number of para-hydroxylation sites is 1. The van der Waals surface area contributed by atoms with Crippen molar-refractivity contribution < 1.29 is 4.79 Å². The molecule has 0 saturated carbocycles. The summed E-state index contributed by atoms with van der Waals surface area (Å²) in [6, 6.07) is 8.31. The van der Waals surface area contributed by atoms with E-state index in [-0.39, 0.29) is 11.8 Å². The molecule has 3 heterocycles. The third-order valence-electron chi connectivity index (χ3n) is 5.50. The summed E-state index contributed by atoms with van der Waals surface area (Å²) in [5, 5.41) is 2.29. The van der Waals surface area contributed by atoms with Crippen molar-refractivity contribution in [2.45, 2.75) is 26.3 Å². The van der Waals surface area contributed by atoms with Crippen LogP contribution in [0.15, 0.2) is 36.7 Å². The van der Waals surface area contributed by atoms with E-state index >= 15 is 0 Å². The van der Waals surface area contributed by atoms with Gasteiger partial charge in [-0.25, -0.2) is 4.98 Å². The number of thiazole rings is 1. The zero-order valence-corrected chi connectivity index (χ0v) is 17.0. The second-order valence-corrected chi connectivity index (χ2v) is 8.70. The molecule has 2 aromatic heterocycles. The van der Waals surface area contributed by atoms with Crippen LogP contribution in [0.3, 0.4) is 0 Å². The van der Waals surface area contributed by atoms with Gasteiger partial charge in [-0.2, -0.15) is 0 Å². The van der Waals surface area contributed by atoms with E-state index in [2.05, 4.69) is 32.8 Å². The topological polar surface area (TPSA) is 41.4 Å². The molecule has 1 fully saturated rings. The first kappa shape index (κ1) is 18.2. The van der Waals surface area contributed by atoms with Crippen molar-refractivity contribution in [2.24, 2.45) is 7.05 Å². The number of aromatic nitrogens is 2. The van der Waals surface area contributed by atoms with E-state index in [1.54, 1.807) is 11.3 Å². The number of aryl methyl sites for hydroxylation is 2. The second-order valence-electron chi connectivity index (χ2n) is 7.38. The average molecular weight is 383 g/mol. The minimum absolute atomic E-state index is 0.119. The van der Waals surface area contributed by atoms with E-state index in [1.807, 2.05) is 44.1 Å². The zero-order valence-electron chi connectivity index (χ0n) is 16.2. The fourth-order valence-corrected chi connectivity index (χ4v) is 4.79. The molecule has 1 saturated heterocycles. The van der Waals surface area contributed by atoms with Gasteiger partial charge in [0, 0.05) is 67.9 Å². The van der Waals surface area contributed by atoms with Crippen molar-refractivity contribution >= 4 is 28.1 Å². The minimum atomic E-state index is -0.119. The van der Waals surface area contributed by atoms with Crippen LogP contribution in [0, 0.1) is 6.92 Å². The van der Waals surface area contributed by atoms with Crippen molar-refractivity contribution in [3.05, 3.63) is 52.1 Å². The lowest BCUT2D eigenvalue weighted by Crippen LogP contribution is -2.49. The fraction of sp³-hybridized carbons (Fsp3) is 0.429. The van der Waals surface area contributed by atoms with Crippen LogP contribution in [-0.4, -0.2) is 51.4 Å². The number of carbonyl (C=O) groups is 1. The predicted octanol–water partition coefficient (Wildman–Crippen LogP) is 3.39. The Kier molecular flexibility index (Phi) is 5.02. The van der Waals surface area contributed by atoms with Crippen LogP contribution in [0.1, 0.15) is 28.3 Å². The molecule has 6 heteroatoms. The lowest BCUT2D eigenvalue weighted by Gasteiger charge is -2.35. The normalized spacial score (nSPS) is 16.8. The van der Waals surface area contributed by atoms with Gasteiger partial charge in [-0.05, 0) is 25.5 Å². The molecule has 0 radical (unpaired) electrons. The number of fused-ring (bicyclic) bond motifs is 1. The quantitative estimate of drug-likeness (QED) is 0.695. The average Bonchev–Trinajstić information content (AvgIpc) is 3.24. The number of rotatable bonds is 4. The monoisotopic (exact) mass is 382 g/mol. The van der Waals surface area contributed by atoms with E-state index in [9.17, 15) is 4.79 Å². The molecule has 4 rings (SSSR count). The van der Waals surface area contributed by atoms with E-state index in [0.717, 1.165) is 43.3 Å². The summed E-state index contributed by atoms with van der Waals surface area (Å²) >= 11 is 1.76. The standard InChI is InChI=1S/C21H26N4OS/c1-15(19-14-23(3)20-7-5-4-6-18(19)20)21(26)25-10-8-24(9-11-25)13-17-12-22-16(2)27-17/h4-7,12,14-15H,8-11,13H2,1-3H3. The highest BCUT2D eigenvalue weighted by atomic mass is 32.1. The highest BCUT2D eigenvalue weighted by Gasteiger charge is 2.27. The summed E-state index contributed by atoms with van der Waals surface area (Å²) in [7, 11) is 2.04. The predicted molar refractivity (Wildman–Crippen MR) is 110 cm³/mol. The Labute approximate surface area is 164 Å².